The van der Waals surface area contributed by atoms with Gasteiger partial charge in [-0.3, -0.25) is 9.59 Å². The standard InChI is InChI=1S/C12H22N2O4/c1-3-10(8-15)13-12(17)9-6-11(16)14(7-9)4-5-18-2/h9-10,15H,3-8H2,1-2H3,(H,13,17)/t9?,10-/m1/s1. The predicted molar refractivity (Wildman–Crippen MR) is 65.9 cm³/mol. The molecule has 0 aromatic heterocycles. The second-order valence-corrected chi connectivity index (χ2v) is 4.53. The number of aliphatic hydroxyl groups is 1. The van der Waals surface area contributed by atoms with Crippen LogP contribution in [-0.2, 0) is 14.3 Å². The molecule has 0 saturated carbocycles. The Kier molecular flexibility index (Phi) is 6.07. The van der Waals surface area contributed by atoms with Crippen molar-refractivity contribution < 1.29 is 19.4 Å². The number of hydrogen-bond acceptors (Lipinski definition) is 4. The molecule has 104 valence electrons. The third-order valence-corrected chi connectivity index (χ3v) is 3.21. The van der Waals surface area contributed by atoms with Gasteiger partial charge in [0, 0.05) is 26.6 Å². The fraction of sp³-hybridized carbons (Fsp3) is 0.833. The summed E-state index contributed by atoms with van der Waals surface area (Å²) < 4.78 is 4.92. The highest BCUT2D eigenvalue weighted by molar-refractivity contribution is 5.89. The molecule has 0 radical (unpaired) electrons. The molecule has 2 amide bonds. The monoisotopic (exact) mass is 258 g/mol. The lowest BCUT2D eigenvalue weighted by Gasteiger charge is -2.18. The van der Waals surface area contributed by atoms with Crippen LogP contribution in [0.15, 0.2) is 0 Å². The van der Waals surface area contributed by atoms with Crippen LogP contribution in [0.2, 0.25) is 0 Å². The number of aliphatic hydroxyl groups excluding tert-OH is 1. The van der Waals surface area contributed by atoms with E-state index in [1.807, 2.05) is 6.92 Å². The van der Waals surface area contributed by atoms with Gasteiger partial charge in [0.25, 0.3) is 0 Å². The lowest BCUT2D eigenvalue weighted by molar-refractivity contribution is -0.129. The Morgan fingerprint density at radius 1 is 1.67 bits per heavy atom. The van der Waals surface area contributed by atoms with Crippen molar-refractivity contribution in [1.29, 1.82) is 0 Å². The van der Waals surface area contributed by atoms with Crippen LogP contribution in [0.1, 0.15) is 19.8 Å². The Balaban J connectivity index is 2.44. The summed E-state index contributed by atoms with van der Waals surface area (Å²) in [6.07, 6.45) is 0.924. The molecular formula is C12H22N2O4. The van der Waals surface area contributed by atoms with Gasteiger partial charge in [0.05, 0.1) is 25.2 Å². The average Bonchev–Trinajstić information content (AvgIpc) is 2.74. The zero-order valence-electron chi connectivity index (χ0n) is 11.0. The Morgan fingerprint density at radius 2 is 2.39 bits per heavy atom. The SMILES string of the molecule is CC[C@H](CO)NC(=O)C1CC(=O)N(CCOC)C1. The molecule has 18 heavy (non-hydrogen) atoms. The van der Waals surface area contributed by atoms with E-state index in [1.165, 1.54) is 0 Å². The highest BCUT2D eigenvalue weighted by atomic mass is 16.5. The molecule has 1 aliphatic heterocycles. The van der Waals surface area contributed by atoms with Crippen molar-refractivity contribution in [2.24, 2.45) is 5.92 Å². The molecule has 1 fully saturated rings. The Labute approximate surface area is 107 Å². The second kappa shape index (κ2) is 7.33. The van der Waals surface area contributed by atoms with Crippen LogP contribution in [0.25, 0.3) is 0 Å². The quantitative estimate of drug-likeness (QED) is 0.637. The van der Waals surface area contributed by atoms with Crippen LogP contribution >= 0.6 is 0 Å². The summed E-state index contributed by atoms with van der Waals surface area (Å²) >= 11 is 0. The maximum atomic E-state index is 11.9. The van der Waals surface area contributed by atoms with E-state index in [4.69, 9.17) is 9.84 Å². The summed E-state index contributed by atoms with van der Waals surface area (Å²) in [5.74, 6) is -0.469. The van der Waals surface area contributed by atoms with Gasteiger partial charge in [0.1, 0.15) is 0 Å². The number of likely N-dealkylation sites (tertiary alicyclic amines) is 1. The minimum Gasteiger partial charge on any atom is -0.394 e. The zero-order chi connectivity index (χ0) is 13.5. The van der Waals surface area contributed by atoms with Crippen LogP contribution in [0.5, 0.6) is 0 Å². The summed E-state index contributed by atoms with van der Waals surface area (Å²) in [7, 11) is 1.58. The van der Waals surface area contributed by atoms with Crippen molar-refractivity contribution in [3.8, 4) is 0 Å². The van der Waals surface area contributed by atoms with Gasteiger partial charge >= 0.3 is 0 Å². The van der Waals surface area contributed by atoms with E-state index in [9.17, 15) is 9.59 Å². The molecule has 6 heteroatoms. The molecule has 6 nitrogen and oxygen atoms in total. The molecule has 0 bridgehead atoms. The number of amides is 2. The highest BCUT2D eigenvalue weighted by Crippen LogP contribution is 2.17. The van der Waals surface area contributed by atoms with Gasteiger partial charge in [-0.25, -0.2) is 0 Å². The molecule has 1 aliphatic rings. The number of methoxy groups -OCH3 is 1. The minimum atomic E-state index is -0.310. The number of carbonyl (C=O) groups excluding carboxylic acids is 2. The van der Waals surface area contributed by atoms with Gasteiger partial charge < -0.3 is 20.1 Å². The second-order valence-electron chi connectivity index (χ2n) is 4.53. The van der Waals surface area contributed by atoms with Gasteiger partial charge in [0.2, 0.25) is 11.8 Å². The molecular weight excluding hydrogens is 236 g/mol. The third kappa shape index (κ3) is 3.96. The van der Waals surface area contributed by atoms with E-state index in [0.717, 1.165) is 0 Å². The fourth-order valence-corrected chi connectivity index (χ4v) is 1.96. The molecule has 0 spiro atoms. The van der Waals surface area contributed by atoms with Gasteiger partial charge in [-0.05, 0) is 6.42 Å². The molecule has 1 heterocycles. The van der Waals surface area contributed by atoms with Crippen molar-refractivity contribution in [3.05, 3.63) is 0 Å². The lowest BCUT2D eigenvalue weighted by Crippen LogP contribution is -2.41. The molecule has 2 atom stereocenters. The molecule has 0 aromatic rings. The maximum Gasteiger partial charge on any atom is 0.225 e. The van der Waals surface area contributed by atoms with Crippen LogP contribution in [0.3, 0.4) is 0 Å². The molecule has 0 aliphatic carbocycles. The van der Waals surface area contributed by atoms with Crippen LogP contribution < -0.4 is 5.32 Å². The fourth-order valence-electron chi connectivity index (χ4n) is 1.96. The summed E-state index contributed by atoms with van der Waals surface area (Å²) in [5, 5.41) is 11.8. The van der Waals surface area contributed by atoms with Crippen LogP contribution in [-0.4, -0.2) is 61.3 Å². The topological polar surface area (TPSA) is 78.9 Å². The van der Waals surface area contributed by atoms with E-state index in [1.54, 1.807) is 12.0 Å². The van der Waals surface area contributed by atoms with Crippen molar-refractivity contribution in [1.82, 2.24) is 10.2 Å². The first kappa shape index (κ1) is 14.9. The lowest BCUT2D eigenvalue weighted by atomic mass is 10.1. The van der Waals surface area contributed by atoms with E-state index < -0.39 is 0 Å². The largest absolute Gasteiger partial charge is 0.394 e. The number of hydrogen-bond donors (Lipinski definition) is 2. The summed E-state index contributed by atoms with van der Waals surface area (Å²) in [6.45, 7) is 3.27. The Bertz CT molecular complexity index is 292. The van der Waals surface area contributed by atoms with Gasteiger partial charge in [-0.2, -0.15) is 0 Å². The van der Waals surface area contributed by atoms with Crippen molar-refractivity contribution in [2.75, 3.05) is 33.4 Å². The number of nitrogens with zero attached hydrogens (tertiary/aromatic N) is 1. The molecule has 0 aromatic carbocycles. The Hall–Kier alpha value is -1.14. The van der Waals surface area contributed by atoms with Crippen molar-refractivity contribution >= 4 is 11.8 Å². The minimum absolute atomic E-state index is 0.00996. The summed E-state index contributed by atoms with van der Waals surface area (Å²) in [4.78, 5) is 25.2. The summed E-state index contributed by atoms with van der Waals surface area (Å²) in [5.41, 5.74) is 0. The third-order valence-electron chi connectivity index (χ3n) is 3.21. The molecule has 1 saturated heterocycles. The van der Waals surface area contributed by atoms with Gasteiger partial charge in [0.15, 0.2) is 0 Å². The van der Waals surface area contributed by atoms with Crippen molar-refractivity contribution in [2.45, 2.75) is 25.8 Å². The first-order chi connectivity index (χ1) is 8.62. The number of ether oxygens (including phenoxy) is 1. The number of carbonyl (C=O) groups is 2. The van der Waals surface area contributed by atoms with E-state index in [2.05, 4.69) is 5.32 Å². The van der Waals surface area contributed by atoms with Gasteiger partial charge in [-0.1, -0.05) is 6.92 Å². The first-order valence-electron chi connectivity index (χ1n) is 6.30. The number of nitrogens with one attached hydrogen (secondary N) is 1. The molecule has 1 unspecified atom stereocenters. The predicted octanol–water partition coefficient (Wildman–Crippen LogP) is -0.632. The van der Waals surface area contributed by atoms with E-state index in [0.29, 0.717) is 26.1 Å². The van der Waals surface area contributed by atoms with Gasteiger partial charge in [-0.15, -0.1) is 0 Å². The number of rotatable bonds is 7. The highest BCUT2D eigenvalue weighted by Gasteiger charge is 2.34. The normalized spacial score (nSPS) is 21.2. The van der Waals surface area contributed by atoms with E-state index in [-0.39, 0.29) is 36.8 Å². The Morgan fingerprint density at radius 3 is 2.94 bits per heavy atom. The smallest absolute Gasteiger partial charge is 0.225 e. The van der Waals surface area contributed by atoms with Crippen molar-refractivity contribution in [3.63, 3.8) is 0 Å². The maximum absolute atomic E-state index is 11.9. The van der Waals surface area contributed by atoms with Crippen LogP contribution in [0, 0.1) is 5.92 Å². The zero-order valence-corrected chi connectivity index (χ0v) is 11.0. The first-order valence-corrected chi connectivity index (χ1v) is 6.30. The molecule has 2 N–H and O–H groups in total. The average molecular weight is 258 g/mol. The molecule has 1 rings (SSSR count). The van der Waals surface area contributed by atoms with Crippen LogP contribution in [0.4, 0.5) is 0 Å². The summed E-state index contributed by atoms with van der Waals surface area (Å²) in [6, 6.07) is -0.222. The van der Waals surface area contributed by atoms with E-state index >= 15 is 0 Å².